The van der Waals surface area contributed by atoms with Crippen LogP contribution in [0.25, 0.3) is 16.6 Å². The van der Waals surface area contributed by atoms with Crippen molar-refractivity contribution in [2.24, 2.45) is 11.7 Å². The summed E-state index contributed by atoms with van der Waals surface area (Å²) in [5, 5.41) is 1.24. The number of piperidine rings is 1. The average molecular weight is 561 g/mol. The number of halogens is 1. The molecule has 1 fully saturated rings. The van der Waals surface area contributed by atoms with Gasteiger partial charge in [-0.1, -0.05) is 41.6 Å². The average Bonchev–Trinajstić information content (AvgIpc) is 2.96. The molecule has 0 saturated carbocycles. The quantitative estimate of drug-likeness (QED) is 0.204. The molecule has 4 aromatic rings. The molecule has 1 aromatic heterocycles. The molecule has 1 aliphatic heterocycles. The highest BCUT2D eigenvalue weighted by atomic mass is 35.5. The molecule has 0 aliphatic carbocycles. The minimum Gasteiger partial charge on any atom is -0.369 e. The number of Topliss-reactive ketones (excluding diaryl/α,β-unsaturated/α-hetero) is 1. The third kappa shape index (κ3) is 5.74. The van der Waals surface area contributed by atoms with Gasteiger partial charge in [0, 0.05) is 35.2 Å². The zero-order valence-electron chi connectivity index (χ0n) is 20.9. The zero-order chi connectivity index (χ0) is 27.5. The first-order chi connectivity index (χ1) is 18.8. The van der Waals surface area contributed by atoms with E-state index >= 15 is 0 Å². The first-order valence-electron chi connectivity index (χ1n) is 12.4. The highest BCUT2D eigenvalue weighted by molar-refractivity contribution is 7.99. The molecule has 2 heterocycles. The number of carbonyl (C=O) groups excluding carboxylic acids is 3. The molecule has 39 heavy (non-hydrogen) atoms. The van der Waals surface area contributed by atoms with Crippen LogP contribution in [0, 0.1) is 5.92 Å². The van der Waals surface area contributed by atoms with Crippen molar-refractivity contribution in [3.8, 4) is 5.69 Å². The maximum absolute atomic E-state index is 13.7. The molecule has 2 amide bonds. The van der Waals surface area contributed by atoms with E-state index in [0.29, 0.717) is 63.8 Å². The van der Waals surface area contributed by atoms with Crippen molar-refractivity contribution in [1.82, 2.24) is 14.5 Å². The number of benzene rings is 3. The largest absolute Gasteiger partial charge is 0.369 e. The Morgan fingerprint density at radius 2 is 1.62 bits per heavy atom. The first kappa shape index (κ1) is 26.6. The molecular weight excluding hydrogens is 536 g/mol. The summed E-state index contributed by atoms with van der Waals surface area (Å²) in [5.41, 5.74) is 7.02. The summed E-state index contributed by atoms with van der Waals surface area (Å²) in [4.78, 5) is 57.6. The molecule has 0 bridgehead atoms. The lowest BCUT2D eigenvalue weighted by Crippen LogP contribution is -2.41. The molecule has 0 radical (unpaired) electrons. The number of carbonyl (C=O) groups is 3. The molecule has 1 aliphatic rings. The van der Waals surface area contributed by atoms with Gasteiger partial charge in [0.25, 0.3) is 11.5 Å². The molecule has 2 N–H and O–H groups in total. The standard InChI is InChI=1S/C29H25ClN4O4S/c30-21-9-6-18(7-10-21)25(35)17-39-29-32-24-16-20(27(37)33-14-12-19(13-15-33)26(31)36)8-11-23(24)28(38)34(29)22-4-2-1-3-5-22/h1-11,16,19H,12-15,17H2,(H2,31,36). The van der Waals surface area contributed by atoms with E-state index in [0.717, 1.165) is 11.8 Å². The normalized spacial score (nSPS) is 13.9. The van der Waals surface area contributed by atoms with Crippen LogP contribution in [0.5, 0.6) is 0 Å². The SMILES string of the molecule is NC(=O)C1CCN(C(=O)c2ccc3c(=O)n(-c4ccccc4)c(SCC(=O)c4ccc(Cl)cc4)nc3c2)CC1. The fourth-order valence-corrected chi connectivity index (χ4v) is 5.63. The number of nitrogens with two attached hydrogens (primary N) is 1. The van der Waals surface area contributed by atoms with E-state index in [4.69, 9.17) is 22.3 Å². The Balaban J connectivity index is 1.48. The number of likely N-dealkylation sites (tertiary alicyclic amines) is 1. The van der Waals surface area contributed by atoms with Gasteiger partial charge >= 0.3 is 0 Å². The molecule has 5 rings (SSSR count). The summed E-state index contributed by atoms with van der Waals surface area (Å²) in [6, 6.07) is 20.6. The Labute approximate surface area is 233 Å². The van der Waals surface area contributed by atoms with Crippen LogP contribution in [-0.4, -0.2) is 50.9 Å². The molecule has 3 aromatic carbocycles. The van der Waals surface area contributed by atoms with E-state index in [9.17, 15) is 19.2 Å². The molecular formula is C29H25ClN4O4S. The van der Waals surface area contributed by atoms with Crippen molar-refractivity contribution < 1.29 is 14.4 Å². The van der Waals surface area contributed by atoms with Gasteiger partial charge in [0.05, 0.1) is 22.3 Å². The predicted octanol–water partition coefficient (Wildman–Crippen LogP) is 4.35. The Morgan fingerprint density at radius 3 is 2.28 bits per heavy atom. The lowest BCUT2D eigenvalue weighted by molar-refractivity contribution is -0.123. The predicted molar refractivity (Wildman–Crippen MR) is 152 cm³/mol. The third-order valence-electron chi connectivity index (χ3n) is 6.78. The topological polar surface area (TPSA) is 115 Å². The van der Waals surface area contributed by atoms with Gasteiger partial charge in [-0.3, -0.25) is 23.7 Å². The van der Waals surface area contributed by atoms with Crippen molar-refractivity contribution in [3.05, 3.63) is 99.3 Å². The van der Waals surface area contributed by atoms with Crippen molar-refractivity contribution in [2.75, 3.05) is 18.8 Å². The van der Waals surface area contributed by atoms with Crippen LogP contribution in [0.4, 0.5) is 0 Å². The highest BCUT2D eigenvalue weighted by Gasteiger charge is 2.27. The maximum Gasteiger partial charge on any atom is 0.266 e. The molecule has 0 unspecified atom stereocenters. The smallest absolute Gasteiger partial charge is 0.266 e. The molecule has 0 atom stereocenters. The summed E-state index contributed by atoms with van der Waals surface area (Å²) in [5.74, 6) is -0.833. The molecule has 10 heteroatoms. The molecule has 198 valence electrons. The summed E-state index contributed by atoms with van der Waals surface area (Å²) in [6.45, 7) is 0.864. The zero-order valence-corrected chi connectivity index (χ0v) is 22.5. The van der Waals surface area contributed by atoms with Crippen molar-refractivity contribution in [1.29, 1.82) is 0 Å². The van der Waals surface area contributed by atoms with Crippen molar-refractivity contribution in [3.63, 3.8) is 0 Å². The number of hydrogen-bond donors (Lipinski definition) is 1. The van der Waals surface area contributed by atoms with E-state index in [-0.39, 0.29) is 34.8 Å². The second-order valence-electron chi connectivity index (χ2n) is 9.29. The van der Waals surface area contributed by atoms with Gasteiger partial charge in [-0.15, -0.1) is 0 Å². The fourth-order valence-electron chi connectivity index (χ4n) is 4.60. The third-order valence-corrected chi connectivity index (χ3v) is 7.97. The fraction of sp³-hybridized carbons (Fsp3) is 0.207. The van der Waals surface area contributed by atoms with Crippen molar-refractivity contribution in [2.45, 2.75) is 18.0 Å². The van der Waals surface area contributed by atoms with Gasteiger partial charge in [0.15, 0.2) is 10.9 Å². The Bertz CT molecular complexity index is 1610. The summed E-state index contributed by atoms with van der Waals surface area (Å²) >= 11 is 7.10. The van der Waals surface area contributed by atoms with E-state index in [2.05, 4.69) is 0 Å². The maximum atomic E-state index is 13.7. The second kappa shape index (κ2) is 11.4. The van der Waals surface area contributed by atoms with E-state index in [1.165, 1.54) is 4.57 Å². The van der Waals surface area contributed by atoms with Gasteiger partial charge in [-0.2, -0.15) is 0 Å². The van der Waals surface area contributed by atoms with Gasteiger partial charge in [0.2, 0.25) is 5.91 Å². The molecule has 1 saturated heterocycles. The highest BCUT2D eigenvalue weighted by Crippen LogP contribution is 2.25. The number of ketones is 1. The number of fused-ring (bicyclic) bond motifs is 1. The Kier molecular flexibility index (Phi) is 7.81. The van der Waals surface area contributed by atoms with Crippen LogP contribution >= 0.6 is 23.4 Å². The van der Waals surface area contributed by atoms with Crippen LogP contribution < -0.4 is 11.3 Å². The minimum absolute atomic E-state index is 0.0554. The number of thioether (sulfide) groups is 1. The Hall–Kier alpha value is -3.95. The lowest BCUT2D eigenvalue weighted by Gasteiger charge is -2.30. The summed E-state index contributed by atoms with van der Waals surface area (Å²) < 4.78 is 1.48. The molecule has 8 nitrogen and oxygen atoms in total. The number of primary amides is 1. The van der Waals surface area contributed by atoms with E-state index in [1.807, 2.05) is 18.2 Å². The van der Waals surface area contributed by atoms with Crippen LogP contribution in [0.1, 0.15) is 33.6 Å². The monoisotopic (exact) mass is 560 g/mol. The van der Waals surface area contributed by atoms with E-state index in [1.54, 1.807) is 59.5 Å². The number of rotatable bonds is 7. The van der Waals surface area contributed by atoms with Gasteiger partial charge in [-0.05, 0) is 67.4 Å². The van der Waals surface area contributed by atoms with Crippen LogP contribution in [0.2, 0.25) is 5.02 Å². The van der Waals surface area contributed by atoms with Crippen LogP contribution in [-0.2, 0) is 4.79 Å². The van der Waals surface area contributed by atoms with E-state index < -0.39 is 0 Å². The number of para-hydroxylation sites is 1. The Morgan fingerprint density at radius 1 is 0.949 bits per heavy atom. The van der Waals surface area contributed by atoms with Crippen molar-refractivity contribution >= 4 is 51.9 Å². The second-order valence-corrected chi connectivity index (χ2v) is 10.7. The van der Waals surface area contributed by atoms with Gasteiger partial charge in [-0.25, -0.2) is 4.98 Å². The summed E-state index contributed by atoms with van der Waals surface area (Å²) in [6.07, 6.45) is 1.05. The number of amides is 2. The number of aromatic nitrogens is 2. The van der Waals surface area contributed by atoms with Crippen LogP contribution in [0.15, 0.2) is 82.7 Å². The minimum atomic E-state index is -0.341. The molecule has 0 spiro atoms. The number of hydrogen-bond acceptors (Lipinski definition) is 6. The van der Waals surface area contributed by atoms with Gasteiger partial charge < -0.3 is 10.6 Å². The first-order valence-corrected chi connectivity index (χ1v) is 13.8. The van der Waals surface area contributed by atoms with Gasteiger partial charge in [0.1, 0.15) is 0 Å². The lowest BCUT2D eigenvalue weighted by atomic mass is 9.96. The summed E-state index contributed by atoms with van der Waals surface area (Å²) in [7, 11) is 0. The number of nitrogens with zero attached hydrogens (tertiary/aromatic N) is 3. The van der Waals surface area contributed by atoms with Crippen LogP contribution in [0.3, 0.4) is 0 Å².